The molecule has 15 heavy (non-hydrogen) atoms. The van der Waals surface area contributed by atoms with Gasteiger partial charge in [0.15, 0.2) is 0 Å². The first-order valence-electron chi connectivity index (χ1n) is 4.98. The van der Waals surface area contributed by atoms with E-state index in [0.29, 0.717) is 10.0 Å². The molecule has 3 N–H and O–H groups in total. The van der Waals surface area contributed by atoms with Crippen molar-refractivity contribution in [1.82, 2.24) is 5.43 Å². The second kappa shape index (κ2) is 3.95. The van der Waals surface area contributed by atoms with Crippen LogP contribution in [-0.2, 0) is 0 Å². The zero-order valence-electron chi connectivity index (χ0n) is 8.56. The molecule has 0 radical (unpaired) electrons. The zero-order valence-corrected chi connectivity index (χ0v) is 10.1. The van der Waals surface area contributed by atoms with Gasteiger partial charge in [-0.25, -0.2) is 0 Å². The van der Waals surface area contributed by atoms with Crippen LogP contribution in [0.4, 0.5) is 0 Å². The fourth-order valence-corrected chi connectivity index (χ4v) is 2.18. The lowest BCUT2D eigenvalue weighted by Gasteiger charge is -2.23. The Balaban J connectivity index is 2.31. The van der Waals surface area contributed by atoms with Crippen LogP contribution in [0.2, 0.25) is 10.0 Å². The summed E-state index contributed by atoms with van der Waals surface area (Å²) in [4.78, 5) is 0. The van der Waals surface area contributed by atoms with Crippen LogP contribution in [0.5, 0.6) is 0 Å². The van der Waals surface area contributed by atoms with E-state index in [4.69, 9.17) is 29.0 Å². The Labute approximate surface area is 99.7 Å². The average Bonchev–Trinajstić information content (AvgIpc) is 2.92. The highest BCUT2D eigenvalue weighted by atomic mass is 35.5. The van der Waals surface area contributed by atoms with Gasteiger partial charge in [-0.1, -0.05) is 36.2 Å². The number of nitrogens with two attached hydrogens (primary N) is 1. The molecule has 1 aromatic rings. The molecule has 1 saturated carbocycles. The van der Waals surface area contributed by atoms with Gasteiger partial charge in [0.2, 0.25) is 0 Å². The quantitative estimate of drug-likeness (QED) is 0.633. The van der Waals surface area contributed by atoms with E-state index < -0.39 is 0 Å². The fraction of sp³-hybridized carbons (Fsp3) is 0.455. The minimum Gasteiger partial charge on any atom is -0.271 e. The van der Waals surface area contributed by atoms with Crippen molar-refractivity contribution in [3.63, 3.8) is 0 Å². The zero-order chi connectivity index (χ0) is 11.1. The summed E-state index contributed by atoms with van der Waals surface area (Å²) in [5, 5.41) is 1.16. The van der Waals surface area contributed by atoms with Crippen LogP contribution in [0.15, 0.2) is 18.2 Å². The van der Waals surface area contributed by atoms with Crippen LogP contribution in [-0.4, -0.2) is 0 Å². The number of rotatable bonds is 3. The Morgan fingerprint density at radius 1 is 1.33 bits per heavy atom. The number of benzene rings is 1. The molecule has 0 aliphatic heterocycles. The van der Waals surface area contributed by atoms with E-state index in [1.54, 1.807) is 0 Å². The van der Waals surface area contributed by atoms with E-state index in [1.807, 2.05) is 18.2 Å². The van der Waals surface area contributed by atoms with E-state index in [1.165, 1.54) is 12.8 Å². The molecule has 0 heterocycles. The summed E-state index contributed by atoms with van der Waals surface area (Å²) in [5.41, 5.74) is 4.24. The molecule has 82 valence electrons. The first-order chi connectivity index (χ1) is 7.07. The Bertz CT molecular complexity index is 375. The van der Waals surface area contributed by atoms with Crippen LogP contribution in [0.3, 0.4) is 0 Å². The standard InChI is InChI=1S/C11H14Cl2N2/c1-11(4-5-11)10(15-14)7-2-3-8(12)9(13)6-7/h2-3,6,10,15H,4-5,14H2,1H3. The van der Waals surface area contributed by atoms with Gasteiger partial charge in [0, 0.05) is 0 Å². The SMILES string of the molecule is CC1(C(NN)c2ccc(Cl)c(Cl)c2)CC1. The van der Waals surface area contributed by atoms with Crippen molar-refractivity contribution < 1.29 is 0 Å². The van der Waals surface area contributed by atoms with Crippen molar-refractivity contribution in [2.75, 3.05) is 0 Å². The van der Waals surface area contributed by atoms with Gasteiger partial charge in [-0.15, -0.1) is 0 Å². The minimum atomic E-state index is 0.160. The maximum atomic E-state index is 5.98. The number of nitrogens with one attached hydrogen (secondary N) is 1. The summed E-state index contributed by atoms with van der Waals surface area (Å²) in [6.45, 7) is 2.22. The van der Waals surface area contributed by atoms with E-state index in [-0.39, 0.29) is 11.5 Å². The topological polar surface area (TPSA) is 38.0 Å². The summed E-state index contributed by atoms with van der Waals surface area (Å²) in [6, 6.07) is 5.84. The molecule has 4 heteroatoms. The summed E-state index contributed by atoms with van der Waals surface area (Å²) in [5.74, 6) is 5.59. The molecule has 0 amide bonds. The highest BCUT2D eigenvalue weighted by Gasteiger charge is 2.45. The highest BCUT2D eigenvalue weighted by molar-refractivity contribution is 6.42. The normalized spacial score (nSPS) is 20.0. The van der Waals surface area contributed by atoms with Crippen molar-refractivity contribution in [2.24, 2.45) is 11.3 Å². The molecule has 1 unspecified atom stereocenters. The largest absolute Gasteiger partial charge is 0.271 e. The molecule has 0 saturated heterocycles. The van der Waals surface area contributed by atoms with Gasteiger partial charge in [0.25, 0.3) is 0 Å². The average molecular weight is 245 g/mol. The summed E-state index contributed by atoms with van der Waals surface area (Å²) >= 11 is 11.9. The van der Waals surface area contributed by atoms with Gasteiger partial charge in [-0.2, -0.15) is 0 Å². The minimum absolute atomic E-state index is 0.160. The van der Waals surface area contributed by atoms with Crippen LogP contribution >= 0.6 is 23.2 Å². The summed E-state index contributed by atoms with van der Waals surface area (Å²) < 4.78 is 0. The van der Waals surface area contributed by atoms with Crippen molar-refractivity contribution in [3.8, 4) is 0 Å². The van der Waals surface area contributed by atoms with Crippen LogP contribution in [0.25, 0.3) is 0 Å². The molecule has 2 rings (SSSR count). The molecule has 0 spiro atoms. The van der Waals surface area contributed by atoms with Crippen LogP contribution < -0.4 is 11.3 Å². The van der Waals surface area contributed by atoms with E-state index in [9.17, 15) is 0 Å². The van der Waals surface area contributed by atoms with Crippen LogP contribution in [0.1, 0.15) is 31.4 Å². The molecule has 0 bridgehead atoms. The first-order valence-corrected chi connectivity index (χ1v) is 5.73. The maximum absolute atomic E-state index is 5.98. The van der Waals surface area contributed by atoms with Gasteiger partial charge in [0.05, 0.1) is 16.1 Å². The van der Waals surface area contributed by atoms with E-state index in [0.717, 1.165) is 5.56 Å². The maximum Gasteiger partial charge on any atom is 0.0595 e. The van der Waals surface area contributed by atoms with Gasteiger partial charge < -0.3 is 0 Å². The lowest BCUT2D eigenvalue weighted by Crippen LogP contribution is -2.33. The molecule has 1 aromatic carbocycles. The molecule has 2 nitrogen and oxygen atoms in total. The number of hydrazine groups is 1. The van der Waals surface area contributed by atoms with Crippen molar-refractivity contribution in [2.45, 2.75) is 25.8 Å². The predicted octanol–water partition coefficient (Wildman–Crippen LogP) is 3.30. The lowest BCUT2D eigenvalue weighted by molar-refractivity contribution is 0.372. The Hall–Kier alpha value is -0.280. The van der Waals surface area contributed by atoms with Gasteiger partial charge >= 0.3 is 0 Å². The summed E-state index contributed by atoms with van der Waals surface area (Å²) in [6.07, 6.45) is 2.39. The van der Waals surface area contributed by atoms with Crippen molar-refractivity contribution >= 4 is 23.2 Å². The second-order valence-corrected chi connectivity index (χ2v) is 5.24. The molecule has 1 aliphatic carbocycles. The number of hydrogen-bond acceptors (Lipinski definition) is 2. The van der Waals surface area contributed by atoms with Gasteiger partial charge in [0.1, 0.15) is 0 Å². The molecular formula is C11H14Cl2N2. The smallest absolute Gasteiger partial charge is 0.0595 e. The highest BCUT2D eigenvalue weighted by Crippen LogP contribution is 2.54. The van der Waals surface area contributed by atoms with Crippen LogP contribution in [0, 0.1) is 5.41 Å². The lowest BCUT2D eigenvalue weighted by atomic mass is 9.92. The summed E-state index contributed by atoms with van der Waals surface area (Å²) in [7, 11) is 0. The van der Waals surface area contributed by atoms with Gasteiger partial charge in [-0.05, 0) is 36.0 Å². The molecule has 1 atom stereocenters. The second-order valence-electron chi connectivity index (χ2n) is 4.43. The Morgan fingerprint density at radius 3 is 2.47 bits per heavy atom. The first kappa shape index (κ1) is 11.2. The van der Waals surface area contributed by atoms with E-state index >= 15 is 0 Å². The third kappa shape index (κ3) is 2.13. The third-order valence-electron chi connectivity index (χ3n) is 3.18. The fourth-order valence-electron chi connectivity index (χ4n) is 1.88. The monoisotopic (exact) mass is 244 g/mol. The Kier molecular flexibility index (Phi) is 2.95. The van der Waals surface area contributed by atoms with Gasteiger partial charge in [-0.3, -0.25) is 11.3 Å². The molecule has 1 fully saturated rings. The van der Waals surface area contributed by atoms with Crippen molar-refractivity contribution in [1.29, 1.82) is 0 Å². The van der Waals surface area contributed by atoms with E-state index in [2.05, 4.69) is 12.3 Å². The number of hydrogen-bond donors (Lipinski definition) is 2. The Morgan fingerprint density at radius 2 is 2.00 bits per heavy atom. The van der Waals surface area contributed by atoms with Crippen molar-refractivity contribution in [3.05, 3.63) is 33.8 Å². The molecule has 1 aliphatic rings. The third-order valence-corrected chi connectivity index (χ3v) is 3.92. The predicted molar refractivity (Wildman–Crippen MR) is 63.9 cm³/mol. The molecule has 0 aromatic heterocycles. The number of halogens is 2. The molecular weight excluding hydrogens is 231 g/mol.